The third kappa shape index (κ3) is 3.39. The smallest absolute Gasteiger partial charge is 0.289 e. The molecule has 0 atom stereocenters. The second kappa shape index (κ2) is 6.99. The van der Waals surface area contributed by atoms with Gasteiger partial charge in [-0.25, -0.2) is 0 Å². The van der Waals surface area contributed by atoms with Gasteiger partial charge < -0.3 is 9.32 Å². The fourth-order valence-electron chi connectivity index (χ4n) is 2.77. The molecule has 0 fully saturated rings. The van der Waals surface area contributed by atoms with Crippen LogP contribution in [0.4, 0.5) is 0 Å². The van der Waals surface area contributed by atoms with E-state index in [-0.39, 0.29) is 5.91 Å². The molecule has 0 saturated heterocycles. The van der Waals surface area contributed by atoms with E-state index >= 15 is 0 Å². The van der Waals surface area contributed by atoms with Gasteiger partial charge in [0.1, 0.15) is 5.76 Å². The Kier molecular flexibility index (Phi) is 4.91. The maximum absolute atomic E-state index is 12.6. The first-order valence-electron chi connectivity index (χ1n) is 8.29. The van der Waals surface area contributed by atoms with E-state index in [1.807, 2.05) is 27.8 Å². The lowest BCUT2D eigenvalue weighted by Crippen LogP contribution is -2.26. The Balaban J connectivity index is 1.71. The number of hydrogen-bond acceptors (Lipinski definition) is 4. The summed E-state index contributed by atoms with van der Waals surface area (Å²) in [5, 5.41) is 9.24. The highest BCUT2D eigenvalue weighted by atomic mass is 35.5. The van der Waals surface area contributed by atoms with Crippen LogP contribution in [0.3, 0.4) is 0 Å². The number of rotatable bonds is 5. The van der Waals surface area contributed by atoms with Gasteiger partial charge in [0, 0.05) is 31.9 Å². The van der Waals surface area contributed by atoms with Crippen LogP contribution in [0.2, 0.25) is 5.02 Å². The largest absolute Gasteiger partial charge is 0.454 e. The summed E-state index contributed by atoms with van der Waals surface area (Å²) >= 11 is 6.17. The zero-order chi connectivity index (χ0) is 19.0. The Morgan fingerprint density at radius 1 is 1.27 bits per heavy atom. The molecule has 3 aromatic heterocycles. The number of nitrogens with zero attached hydrogens (tertiary/aromatic N) is 5. The van der Waals surface area contributed by atoms with Crippen molar-refractivity contribution < 1.29 is 9.21 Å². The summed E-state index contributed by atoms with van der Waals surface area (Å²) in [6.45, 7) is 6.64. The van der Waals surface area contributed by atoms with E-state index in [9.17, 15) is 4.79 Å². The first-order chi connectivity index (χ1) is 12.3. The average molecular weight is 376 g/mol. The van der Waals surface area contributed by atoms with Gasteiger partial charge in [-0.1, -0.05) is 11.6 Å². The molecule has 3 aromatic rings. The highest BCUT2D eigenvalue weighted by Crippen LogP contribution is 2.21. The lowest BCUT2D eigenvalue weighted by Gasteiger charge is -2.15. The summed E-state index contributed by atoms with van der Waals surface area (Å²) in [6, 6.07) is 3.48. The van der Waals surface area contributed by atoms with Gasteiger partial charge in [0.2, 0.25) is 0 Å². The summed E-state index contributed by atoms with van der Waals surface area (Å²) < 4.78 is 9.29. The second-order valence-corrected chi connectivity index (χ2v) is 6.83. The number of carbonyl (C=O) groups excluding carboxylic acids is 1. The topological polar surface area (TPSA) is 69.1 Å². The van der Waals surface area contributed by atoms with Gasteiger partial charge in [0.25, 0.3) is 5.91 Å². The molecule has 0 aliphatic heterocycles. The number of aryl methyl sites for hydroxylation is 2. The van der Waals surface area contributed by atoms with Gasteiger partial charge in [-0.3, -0.25) is 14.2 Å². The van der Waals surface area contributed by atoms with Crippen molar-refractivity contribution >= 4 is 17.5 Å². The van der Waals surface area contributed by atoms with Crippen LogP contribution in [0, 0.1) is 20.8 Å². The van der Waals surface area contributed by atoms with Crippen molar-refractivity contribution in [1.82, 2.24) is 24.5 Å². The summed E-state index contributed by atoms with van der Waals surface area (Å²) in [5.74, 6) is 0.782. The Morgan fingerprint density at radius 3 is 2.58 bits per heavy atom. The minimum atomic E-state index is -0.175. The zero-order valence-electron chi connectivity index (χ0n) is 15.6. The van der Waals surface area contributed by atoms with Crippen molar-refractivity contribution in [2.45, 2.75) is 33.9 Å². The van der Waals surface area contributed by atoms with Crippen LogP contribution in [0.5, 0.6) is 0 Å². The number of furan rings is 1. The number of hydrogen-bond donors (Lipinski definition) is 0. The van der Waals surface area contributed by atoms with Crippen molar-refractivity contribution in [3.05, 3.63) is 57.5 Å². The van der Waals surface area contributed by atoms with Crippen molar-refractivity contribution in [1.29, 1.82) is 0 Å². The van der Waals surface area contributed by atoms with Crippen LogP contribution >= 0.6 is 11.6 Å². The maximum Gasteiger partial charge on any atom is 0.289 e. The average Bonchev–Trinajstić information content (AvgIpc) is 3.26. The monoisotopic (exact) mass is 375 g/mol. The molecule has 0 spiro atoms. The van der Waals surface area contributed by atoms with Crippen molar-refractivity contribution in [2.24, 2.45) is 7.05 Å². The molecule has 8 heteroatoms. The molecule has 3 rings (SSSR count). The predicted octanol–water partition coefficient (Wildman–Crippen LogP) is 3.11. The minimum Gasteiger partial charge on any atom is -0.454 e. The van der Waals surface area contributed by atoms with Gasteiger partial charge in [-0.15, -0.1) is 0 Å². The summed E-state index contributed by atoms with van der Waals surface area (Å²) in [5.41, 5.74) is 3.69. The van der Waals surface area contributed by atoms with Crippen LogP contribution in [0.15, 0.2) is 22.7 Å². The maximum atomic E-state index is 12.6. The standard InChI is InChI=1S/C18H22ClN5O2/c1-11-17(19)13(3)24(21-11)10-15-6-7-16(26-15)18(25)22(4)9-14-8-20-23(5)12(14)2/h6-8H,9-10H2,1-5H3. The van der Waals surface area contributed by atoms with E-state index in [4.69, 9.17) is 16.0 Å². The normalized spacial score (nSPS) is 11.2. The fourth-order valence-corrected chi connectivity index (χ4v) is 2.90. The molecule has 0 aliphatic rings. The number of halogens is 1. The van der Waals surface area contributed by atoms with Crippen LogP contribution < -0.4 is 0 Å². The van der Waals surface area contributed by atoms with Gasteiger partial charge in [-0.2, -0.15) is 10.2 Å². The van der Waals surface area contributed by atoms with E-state index in [2.05, 4.69) is 10.2 Å². The molecule has 1 amide bonds. The Morgan fingerprint density at radius 2 is 2.00 bits per heavy atom. The summed E-state index contributed by atoms with van der Waals surface area (Å²) in [7, 11) is 3.63. The predicted molar refractivity (Wildman–Crippen MR) is 98.3 cm³/mol. The number of amides is 1. The van der Waals surface area contributed by atoms with Crippen LogP contribution in [-0.2, 0) is 20.1 Å². The molecular formula is C18H22ClN5O2. The number of carbonyl (C=O) groups is 1. The van der Waals surface area contributed by atoms with Gasteiger partial charge in [0.05, 0.1) is 29.2 Å². The quantitative estimate of drug-likeness (QED) is 0.687. The molecule has 26 heavy (non-hydrogen) atoms. The molecule has 0 radical (unpaired) electrons. The van der Waals surface area contributed by atoms with E-state index in [1.165, 1.54) is 0 Å². The lowest BCUT2D eigenvalue weighted by atomic mass is 10.2. The third-order valence-corrected chi connectivity index (χ3v) is 5.11. The third-order valence-electron chi connectivity index (χ3n) is 4.56. The second-order valence-electron chi connectivity index (χ2n) is 6.45. The SMILES string of the molecule is Cc1nn(Cc2ccc(C(=O)N(C)Cc3cnn(C)c3C)o2)c(C)c1Cl. The van der Waals surface area contributed by atoms with Crippen molar-refractivity contribution in [2.75, 3.05) is 7.05 Å². The molecule has 0 bridgehead atoms. The van der Waals surface area contributed by atoms with E-state index in [1.54, 1.807) is 39.6 Å². The van der Waals surface area contributed by atoms with Crippen molar-refractivity contribution in [3.63, 3.8) is 0 Å². The minimum absolute atomic E-state index is 0.175. The highest BCUT2D eigenvalue weighted by molar-refractivity contribution is 6.31. The summed E-state index contributed by atoms with van der Waals surface area (Å²) in [6.07, 6.45) is 1.78. The molecule has 0 N–H and O–H groups in total. The van der Waals surface area contributed by atoms with Gasteiger partial charge in [-0.05, 0) is 32.9 Å². The molecule has 138 valence electrons. The van der Waals surface area contributed by atoms with Crippen LogP contribution in [-0.4, -0.2) is 37.4 Å². The Hall–Kier alpha value is -2.54. The summed E-state index contributed by atoms with van der Waals surface area (Å²) in [4.78, 5) is 14.2. The Labute approximate surface area is 157 Å². The number of aromatic nitrogens is 4. The van der Waals surface area contributed by atoms with Crippen LogP contribution in [0.25, 0.3) is 0 Å². The first kappa shape index (κ1) is 18.3. The van der Waals surface area contributed by atoms with Crippen molar-refractivity contribution in [3.8, 4) is 0 Å². The fraction of sp³-hybridized carbons (Fsp3) is 0.389. The lowest BCUT2D eigenvalue weighted by molar-refractivity contribution is 0.0751. The van der Waals surface area contributed by atoms with Crippen LogP contribution in [0.1, 0.15) is 39.0 Å². The highest BCUT2D eigenvalue weighted by Gasteiger charge is 2.19. The molecule has 7 nitrogen and oxygen atoms in total. The molecule has 3 heterocycles. The Bertz CT molecular complexity index is 953. The van der Waals surface area contributed by atoms with E-state index in [0.29, 0.717) is 29.6 Å². The van der Waals surface area contributed by atoms with E-state index < -0.39 is 0 Å². The molecule has 0 aromatic carbocycles. The first-order valence-corrected chi connectivity index (χ1v) is 8.67. The zero-order valence-corrected chi connectivity index (χ0v) is 16.3. The van der Waals surface area contributed by atoms with Gasteiger partial charge >= 0.3 is 0 Å². The molecular weight excluding hydrogens is 354 g/mol. The van der Waals surface area contributed by atoms with Gasteiger partial charge in [0.15, 0.2) is 5.76 Å². The molecule has 0 unspecified atom stereocenters. The molecule has 0 aliphatic carbocycles. The van der Waals surface area contributed by atoms with E-state index in [0.717, 1.165) is 22.6 Å². The molecule has 0 saturated carbocycles.